The first-order chi connectivity index (χ1) is 17.3. The first kappa shape index (κ1) is 25.6. The number of hydrogen-bond donors (Lipinski definition) is 1. The van der Waals surface area contributed by atoms with E-state index in [2.05, 4.69) is 27.9 Å². The van der Waals surface area contributed by atoms with Gasteiger partial charge in [-0.1, -0.05) is 35.9 Å². The van der Waals surface area contributed by atoms with Crippen LogP contribution in [0.4, 0.5) is 14.9 Å². The second-order valence-electron chi connectivity index (χ2n) is 7.59. The van der Waals surface area contributed by atoms with Crippen molar-refractivity contribution in [3.8, 4) is 11.5 Å². The predicted molar refractivity (Wildman–Crippen MR) is 142 cm³/mol. The van der Waals surface area contributed by atoms with Crippen LogP contribution in [0.1, 0.15) is 18.1 Å². The summed E-state index contributed by atoms with van der Waals surface area (Å²) in [6, 6.07) is 14.9. The number of para-hydroxylation sites is 1. The topological polar surface area (TPSA) is 84.9 Å². The van der Waals surface area contributed by atoms with Gasteiger partial charge in [-0.2, -0.15) is 0 Å². The zero-order valence-electron chi connectivity index (χ0n) is 18.9. The molecule has 1 heterocycles. The number of halogens is 3. The number of imide groups is 2. The van der Waals surface area contributed by atoms with Gasteiger partial charge in [-0.3, -0.25) is 14.9 Å². The SMILES string of the molecule is CCOc1cc(/C=C2/C(=O)NC(=O)N(c3ccccc3F)C2=O)cc(I)c1OCc1ccc(Cl)cc1. The van der Waals surface area contributed by atoms with Crippen LogP contribution in [0.3, 0.4) is 0 Å². The Bertz CT molecular complexity index is 1380. The molecule has 1 N–H and O–H groups in total. The summed E-state index contributed by atoms with van der Waals surface area (Å²) in [6.45, 7) is 2.44. The Balaban J connectivity index is 1.66. The standard InChI is InChI=1S/C26H19ClFIN2O5/c1-2-35-22-13-16(12-20(29)23(22)36-14-15-7-9-17(27)10-8-15)11-18-24(32)30-26(34)31(25(18)33)21-6-4-3-5-19(21)28/h3-13H,2,14H2,1H3,(H,30,32,34)/b18-11-. The maximum Gasteiger partial charge on any atom is 0.336 e. The Kier molecular flexibility index (Phi) is 7.90. The number of urea groups is 1. The number of ether oxygens (including phenoxy) is 2. The number of carbonyl (C=O) groups excluding carboxylic acids is 3. The molecule has 0 bridgehead atoms. The van der Waals surface area contributed by atoms with Gasteiger partial charge in [0.1, 0.15) is 18.0 Å². The van der Waals surface area contributed by atoms with Gasteiger partial charge in [-0.15, -0.1) is 0 Å². The molecule has 0 aliphatic carbocycles. The van der Waals surface area contributed by atoms with Gasteiger partial charge in [0.05, 0.1) is 15.9 Å². The molecule has 3 aromatic rings. The minimum atomic E-state index is -1.03. The highest BCUT2D eigenvalue weighted by atomic mass is 127. The average molecular weight is 621 g/mol. The van der Waals surface area contributed by atoms with Crippen LogP contribution >= 0.6 is 34.2 Å². The van der Waals surface area contributed by atoms with Crippen molar-refractivity contribution in [2.75, 3.05) is 11.5 Å². The van der Waals surface area contributed by atoms with Gasteiger partial charge in [-0.05, 0) is 83.1 Å². The van der Waals surface area contributed by atoms with Crippen LogP contribution in [-0.2, 0) is 16.2 Å². The normalized spacial score (nSPS) is 14.7. The van der Waals surface area contributed by atoms with Crippen molar-refractivity contribution in [3.05, 3.63) is 91.8 Å². The molecular formula is C26H19ClFIN2O5. The summed E-state index contributed by atoms with van der Waals surface area (Å²) in [6.07, 6.45) is 1.33. The quantitative estimate of drug-likeness (QED) is 0.207. The fraction of sp³-hybridized carbons (Fsp3) is 0.115. The molecule has 0 atom stereocenters. The number of hydrogen-bond acceptors (Lipinski definition) is 5. The monoisotopic (exact) mass is 620 g/mol. The van der Waals surface area contributed by atoms with E-state index in [4.69, 9.17) is 21.1 Å². The van der Waals surface area contributed by atoms with Crippen molar-refractivity contribution in [1.29, 1.82) is 0 Å². The zero-order valence-corrected chi connectivity index (χ0v) is 21.8. The van der Waals surface area contributed by atoms with Crippen LogP contribution in [0, 0.1) is 9.39 Å². The smallest absolute Gasteiger partial charge is 0.336 e. The van der Waals surface area contributed by atoms with E-state index in [0.717, 1.165) is 11.6 Å². The molecule has 4 rings (SSSR count). The van der Waals surface area contributed by atoms with E-state index in [1.807, 2.05) is 19.1 Å². The van der Waals surface area contributed by atoms with E-state index in [1.165, 1.54) is 24.3 Å². The molecule has 0 aromatic heterocycles. The highest BCUT2D eigenvalue weighted by molar-refractivity contribution is 14.1. The Morgan fingerprint density at radius 3 is 2.47 bits per heavy atom. The molecule has 10 heteroatoms. The molecule has 3 aromatic carbocycles. The Labute approximate surface area is 225 Å². The maximum absolute atomic E-state index is 14.3. The molecule has 0 saturated carbocycles. The lowest BCUT2D eigenvalue weighted by atomic mass is 10.1. The second kappa shape index (κ2) is 11.1. The van der Waals surface area contributed by atoms with Gasteiger partial charge >= 0.3 is 6.03 Å². The van der Waals surface area contributed by atoms with Gasteiger partial charge < -0.3 is 9.47 Å². The first-order valence-electron chi connectivity index (χ1n) is 10.8. The lowest BCUT2D eigenvalue weighted by molar-refractivity contribution is -0.122. The third-order valence-corrected chi connectivity index (χ3v) is 6.19. The summed E-state index contributed by atoms with van der Waals surface area (Å²) in [4.78, 5) is 38.6. The minimum Gasteiger partial charge on any atom is -0.490 e. The van der Waals surface area contributed by atoms with E-state index in [-0.39, 0.29) is 17.9 Å². The van der Waals surface area contributed by atoms with E-state index in [9.17, 15) is 18.8 Å². The van der Waals surface area contributed by atoms with Gasteiger partial charge in [-0.25, -0.2) is 14.1 Å². The van der Waals surface area contributed by atoms with Crippen molar-refractivity contribution >= 4 is 63.8 Å². The highest BCUT2D eigenvalue weighted by Crippen LogP contribution is 2.36. The van der Waals surface area contributed by atoms with Gasteiger partial charge in [0, 0.05) is 5.02 Å². The molecule has 184 valence electrons. The number of carbonyl (C=O) groups is 3. The molecular weight excluding hydrogens is 602 g/mol. The van der Waals surface area contributed by atoms with Crippen molar-refractivity contribution in [1.82, 2.24) is 5.32 Å². The van der Waals surface area contributed by atoms with E-state index < -0.39 is 23.7 Å². The number of anilines is 1. The molecule has 1 saturated heterocycles. The van der Waals surface area contributed by atoms with Crippen molar-refractivity contribution in [3.63, 3.8) is 0 Å². The van der Waals surface area contributed by atoms with Crippen molar-refractivity contribution < 1.29 is 28.2 Å². The van der Waals surface area contributed by atoms with E-state index in [0.29, 0.717) is 37.2 Å². The summed E-state index contributed by atoms with van der Waals surface area (Å²) in [7, 11) is 0. The number of barbiturate groups is 1. The van der Waals surface area contributed by atoms with Crippen LogP contribution in [0.25, 0.3) is 6.08 Å². The van der Waals surface area contributed by atoms with Gasteiger partial charge in [0.25, 0.3) is 11.8 Å². The Morgan fingerprint density at radius 1 is 1.06 bits per heavy atom. The average Bonchev–Trinajstić information content (AvgIpc) is 2.83. The number of rotatable bonds is 7. The molecule has 7 nitrogen and oxygen atoms in total. The summed E-state index contributed by atoms with van der Waals surface area (Å²) >= 11 is 8.01. The van der Waals surface area contributed by atoms with Crippen LogP contribution in [0.2, 0.25) is 5.02 Å². The lowest BCUT2D eigenvalue weighted by Crippen LogP contribution is -2.54. The molecule has 0 radical (unpaired) electrons. The highest BCUT2D eigenvalue weighted by Gasteiger charge is 2.38. The minimum absolute atomic E-state index is 0.256. The third-order valence-electron chi connectivity index (χ3n) is 5.13. The summed E-state index contributed by atoms with van der Waals surface area (Å²) < 4.78 is 26.7. The Hall–Kier alpha value is -3.44. The summed E-state index contributed by atoms with van der Waals surface area (Å²) in [5, 5.41) is 2.71. The van der Waals surface area contributed by atoms with Gasteiger partial charge in [0.2, 0.25) is 0 Å². The first-order valence-corrected chi connectivity index (χ1v) is 12.2. The second-order valence-corrected chi connectivity index (χ2v) is 9.19. The fourth-order valence-corrected chi connectivity index (χ4v) is 4.39. The zero-order chi connectivity index (χ0) is 25.8. The van der Waals surface area contributed by atoms with Gasteiger partial charge in [0.15, 0.2) is 11.5 Å². The maximum atomic E-state index is 14.3. The molecule has 0 spiro atoms. The Morgan fingerprint density at radius 2 is 1.78 bits per heavy atom. The van der Waals surface area contributed by atoms with Crippen LogP contribution in [0.15, 0.2) is 66.2 Å². The van der Waals surface area contributed by atoms with Crippen LogP contribution in [-0.4, -0.2) is 24.5 Å². The van der Waals surface area contributed by atoms with E-state index in [1.54, 1.807) is 24.3 Å². The number of nitrogens with one attached hydrogen (secondary N) is 1. The third kappa shape index (κ3) is 5.52. The molecule has 1 aliphatic rings. The molecule has 1 fully saturated rings. The van der Waals surface area contributed by atoms with Crippen molar-refractivity contribution in [2.24, 2.45) is 0 Å². The largest absolute Gasteiger partial charge is 0.490 e. The lowest BCUT2D eigenvalue weighted by Gasteiger charge is -2.26. The van der Waals surface area contributed by atoms with Crippen LogP contribution < -0.4 is 19.7 Å². The molecule has 36 heavy (non-hydrogen) atoms. The van der Waals surface area contributed by atoms with E-state index >= 15 is 0 Å². The number of nitrogens with zero attached hydrogens (tertiary/aromatic N) is 1. The number of benzene rings is 3. The summed E-state index contributed by atoms with van der Waals surface area (Å²) in [5.41, 5.74) is 0.786. The molecule has 0 unspecified atom stereocenters. The predicted octanol–water partition coefficient (Wildman–Crippen LogP) is 5.73. The fourth-order valence-electron chi connectivity index (χ4n) is 3.49. The van der Waals surface area contributed by atoms with Crippen LogP contribution in [0.5, 0.6) is 11.5 Å². The molecule has 1 aliphatic heterocycles. The summed E-state index contributed by atoms with van der Waals surface area (Å²) in [5.74, 6) is -1.68. The van der Waals surface area contributed by atoms with Crippen molar-refractivity contribution in [2.45, 2.75) is 13.5 Å². The molecule has 4 amide bonds. The number of amides is 4.